The van der Waals surface area contributed by atoms with Crippen LogP contribution in [-0.4, -0.2) is 30.6 Å². The van der Waals surface area contributed by atoms with Crippen molar-refractivity contribution in [3.8, 4) is 0 Å². The summed E-state index contributed by atoms with van der Waals surface area (Å²) in [5, 5.41) is 2.20. The maximum atomic E-state index is 10.2. The van der Waals surface area contributed by atoms with Crippen LogP contribution in [0.1, 0.15) is 52.4 Å². The van der Waals surface area contributed by atoms with E-state index in [-0.39, 0.29) is 6.17 Å². The molecule has 4 nitrogen and oxygen atoms in total. The van der Waals surface area contributed by atoms with E-state index < -0.39 is 0 Å². The van der Waals surface area contributed by atoms with Crippen molar-refractivity contribution >= 4 is 6.29 Å². The van der Waals surface area contributed by atoms with Gasteiger partial charge in [-0.1, -0.05) is 26.7 Å². The highest BCUT2D eigenvalue weighted by Crippen LogP contribution is 1.98. The molecule has 0 aromatic rings. The van der Waals surface area contributed by atoms with Crippen LogP contribution in [0, 0.1) is 0 Å². The summed E-state index contributed by atoms with van der Waals surface area (Å²) in [5.41, 5.74) is 9.17. The van der Waals surface area contributed by atoms with E-state index >= 15 is 0 Å². The van der Waals surface area contributed by atoms with E-state index in [0.717, 1.165) is 19.4 Å². The van der Waals surface area contributed by atoms with Crippen molar-refractivity contribution in [1.29, 1.82) is 0 Å². The van der Waals surface area contributed by atoms with E-state index in [9.17, 15) is 4.79 Å². The van der Waals surface area contributed by atoms with Gasteiger partial charge in [-0.3, -0.25) is 0 Å². The van der Waals surface area contributed by atoms with Gasteiger partial charge in [0.2, 0.25) is 0 Å². The van der Waals surface area contributed by atoms with Crippen molar-refractivity contribution in [3.05, 3.63) is 0 Å². The molecule has 0 rings (SSSR count). The predicted molar refractivity (Wildman–Crippen MR) is 67.8 cm³/mol. The molecule has 0 saturated carbocycles. The summed E-state index contributed by atoms with van der Waals surface area (Å²) in [6.07, 6.45) is 6.79. The molecule has 0 spiro atoms. The Kier molecular flexibility index (Phi) is 10.7. The van der Waals surface area contributed by atoms with Crippen molar-refractivity contribution in [3.63, 3.8) is 0 Å². The Morgan fingerprint density at radius 2 is 1.81 bits per heavy atom. The summed E-state index contributed by atoms with van der Waals surface area (Å²) in [6.45, 7) is 6.44. The van der Waals surface area contributed by atoms with Gasteiger partial charge >= 0.3 is 0 Å². The third-order valence-corrected chi connectivity index (χ3v) is 2.51. The second-order valence-electron chi connectivity index (χ2n) is 4.17. The molecular formula is C12H27N3O. The van der Waals surface area contributed by atoms with Gasteiger partial charge in [0, 0.05) is 19.5 Å². The zero-order chi connectivity index (χ0) is 12.2. The second-order valence-corrected chi connectivity index (χ2v) is 4.17. The number of nitrogens with two attached hydrogens (primary N) is 1. The smallest absolute Gasteiger partial charge is 0.120 e. The van der Waals surface area contributed by atoms with Gasteiger partial charge in [-0.25, -0.2) is 10.4 Å². The standard InChI is InChI=1S/C12H27N3O/c1-3-5-9-15(10-6-4-2)14-12(13)8-7-11-16/h11-12,14H,3-10,13H2,1-2H3. The number of carbonyl (C=O) groups excluding carboxylic acids is 1. The van der Waals surface area contributed by atoms with Gasteiger partial charge in [0.05, 0.1) is 6.17 Å². The van der Waals surface area contributed by atoms with E-state index in [1.807, 2.05) is 0 Å². The van der Waals surface area contributed by atoms with Crippen molar-refractivity contribution in [1.82, 2.24) is 10.4 Å². The van der Waals surface area contributed by atoms with Gasteiger partial charge in [-0.15, -0.1) is 0 Å². The van der Waals surface area contributed by atoms with Gasteiger partial charge < -0.3 is 10.5 Å². The lowest BCUT2D eigenvalue weighted by molar-refractivity contribution is -0.108. The molecule has 96 valence electrons. The minimum atomic E-state index is -0.0982. The number of carbonyl (C=O) groups is 1. The molecule has 0 aliphatic carbocycles. The van der Waals surface area contributed by atoms with Crippen LogP contribution in [0.5, 0.6) is 0 Å². The largest absolute Gasteiger partial charge is 0.315 e. The van der Waals surface area contributed by atoms with Crippen molar-refractivity contribution < 1.29 is 4.79 Å². The van der Waals surface area contributed by atoms with Gasteiger partial charge in [-0.2, -0.15) is 0 Å². The Hall–Kier alpha value is -0.450. The molecule has 0 aliphatic heterocycles. The van der Waals surface area contributed by atoms with E-state index in [2.05, 4.69) is 24.3 Å². The number of hydrazine groups is 1. The molecule has 4 heteroatoms. The SMILES string of the molecule is CCCCN(CCCC)NC(N)CCC=O. The van der Waals surface area contributed by atoms with Crippen LogP contribution in [0.15, 0.2) is 0 Å². The quantitative estimate of drug-likeness (QED) is 0.321. The normalized spacial score (nSPS) is 13.0. The van der Waals surface area contributed by atoms with E-state index in [4.69, 9.17) is 5.73 Å². The molecule has 1 unspecified atom stereocenters. The third-order valence-electron chi connectivity index (χ3n) is 2.51. The van der Waals surface area contributed by atoms with Gasteiger partial charge in [0.15, 0.2) is 0 Å². The number of hydrogen-bond donors (Lipinski definition) is 2. The van der Waals surface area contributed by atoms with Crippen molar-refractivity contribution in [2.75, 3.05) is 13.1 Å². The van der Waals surface area contributed by atoms with E-state index in [0.29, 0.717) is 12.8 Å². The zero-order valence-corrected chi connectivity index (χ0v) is 10.7. The molecule has 0 aliphatic rings. The number of unbranched alkanes of at least 4 members (excludes halogenated alkanes) is 2. The second kappa shape index (κ2) is 11.0. The molecule has 0 saturated heterocycles. The highest BCUT2D eigenvalue weighted by molar-refractivity contribution is 5.49. The molecule has 0 bridgehead atoms. The lowest BCUT2D eigenvalue weighted by Gasteiger charge is -2.26. The lowest BCUT2D eigenvalue weighted by Crippen LogP contribution is -2.49. The van der Waals surface area contributed by atoms with Crippen molar-refractivity contribution in [2.45, 2.75) is 58.5 Å². The average Bonchev–Trinajstić information content (AvgIpc) is 2.30. The van der Waals surface area contributed by atoms with Crippen LogP contribution in [-0.2, 0) is 4.79 Å². The Morgan fingerprint density at radius 3 is 2.25 bits per heavy atom. The van der Waals surface area contributed by atoms with Crippen LogP contribution in [0.4, 0.5) is 0 Å². The third kappa shape index (κ3) is 8.83. The summed E-state index contributed by atoms with van der Waals surface area (Å²) in [5.74, 6) is 0. The van der Waals surface area contributed by atoms with E-state index in [1.165, 1.54) is 25.7 Å². The first-order valence-corrected chi connectivity index (χ1v) is 6.44. The Morgan fingerprint density at radius 1 is 1.25 bits per heavy atom. The molecular weight excluding hydrogens is 202 g/mol. The molecule has 0 radical (unpaired) electrons. The first-order valence-electron chi connectivity index (χ1n) is 6.44. The predicted octanol–water partition coefficient (Wildman–Crippen LogP) is 1.66. The fourth-order valence-corrected chi connectivity index (χ4v) is 1.49. The number of aldehydes is 1. The molecule has 0 heterocycles. The van der Waals surface area contributed by atoms with Crippen molar-refractivity contribution in [2.24, 2.45) is 5.73 Å². The topological polar surface area (TPSA) is 58.4 Å². The van der Waals surface area contributed by atoms with E-state index in [1.54, 1.807) is 0 Å². The summed E-state index contributed by atoms with van der Waals surface area (Å²) in [4.78, 5) is 10.2. The van der Waals surface area contributed by atoms with Crippen LogP contribution in [0.2, 0.25) is 0 Å². The monoisotopic (exact) mass is 229 g/mol. The fourth-order valence-electron chi connectivity index (χ4n) is 1.49. The van der Waals surface area contributed by atoms with Gasteiger partial charge in [0.1, 0.15) is 6.29 Å². The van der Waals surface area contributed by atoms with Crippen LogP contribution >= 0.6 is 0 Å². The average molecular weight is 229 g/mol. The molecule has 0 aromatic heterocycles. The van der Waals surface area contributed by atoms with Crippen LogP contribution in [0.25, 0.3) is 0 Å². The first-order chi connectivity index (χ1) is 7.74. The number of nitrogens with one attached hydrogen (secondary N) is 1. The van der Waals surface area contributed by atoms with Crippen LogP contribution in [0.3, 0.4) is 0 Å². The maximum absolute atomic E-state index is 10.2. The van der Waals surface area contributed by atoms with Crippen LogP contribution < -0.4 is 11.2 Å². The minimum Gasteiger partial charge on any atom is -0.315 e. The summed E-state index contributed by atoms with van der Waals surface area (Å²) >= 11 is 0. The minimum absolute atomic E-state index is 0.0982. The summed E-state index contributed by atoms with van der Waals surface area (Å²) in [7, 11) is 0. The first kappa shape index (κ1) is 15.6. The molecule has 1 atom stereocenters. The highest BCUT2D eigenvalue weighted by atomic mass is 16.1. The highest BCUT2D eigenvalue weighted by Gasteiger charge is 2.08. The van der Waals surface area contributed by atoms with Gasteiger partial charge in [-0.05, 0) is 19.3 Å². The Bertz CT molecular complexity index is 156. The number of rotatable bonds is 11. The number of hydrogen-bond acceptors (Lipinski definition) is 4. The molecule has 0 amide bonds. The molecule has 0 fully saturated rings. The fraction of sp³-hybridized carbons (Fsp3) is 0.917. The zero-order valence-electron chi connectivity index (χ0n) is 10.7. The summed E-state index contributed by atoms with van der Waals surface area (Å²) in [6, 6.07) is 0. The lowest BCUT2D eigenvalue weighted by atomic mass is 10.2. The number of nitrogens with zero attached hydrogens (tertiary/aromatic N) is 1. The molecule has 0 aromatic carbocycles. The Labute approximate surface area is 99.5 Å². The van der Waals surface area contributed by atoms with Gasteiger partial charge in [0.25, 0.3) is 0 Å². The maximum Gasteiger partial charge on any atom is 0.120 e. The molecule has 16 heavy (non-hydrogen) atoms. The molecule has 3 N–H and O–H groups in total. The summed E-state index contributed by atoms with van der Waals surface area (Å²) < 4.78 is 0. The Balaban J connectivity index is 3.82.